The largest absolute Gasteiger partial charge is 0.507 e. The third-order valence-electron chi connectivity index (χ3n) is 2.35. The molecule has 0 unspecified atom stereocenters. The predicted octanol–water partition coefficient (Wildman–Crippen LogP) is 3.12. The number of halogens is 1. The zero-order valence-corrected chi connectivity index (χ0v) is 9.78. The molecule has 0 aliphatic heterocycles. The van der Waals surface area contributed by atoms with Crippen molar-refractivity contribution in [2.24, 2.45) is 0 Å². The van der Waals surface area contributed by atoms with Crippen molar-refractivity contribution < 1.29 is 5.11 Å². The Bertz CT molecular complexity index is 500. The average Bonchev–Trinajstić information content (AvgIpc) is 2.19. The number of aryl methyl sites for hydroxylation is 2. The Morgan fingerprint density at radius 3 is 2.44 bits per heavy atom. The van der Waals surface area contributed by atoms with Gasteiger partial charge >= 0.3 is 0 Å². The Labute approximate surface area is 98.7 Å². The van der Waals surface area contributed by atoms with E-state index in [-0.39, 0.29) is 5.75 Å². The topological polar surface area (TPSA) is 46.0 Å². The fourth-order valence-electron chi connectivity index (χ4n) is 1.73. The Morgan fingerprint density at radius 2 is 1.88 bits per heavy atom. The lowest BCUT2D eigenvalue weighted by atomic mass is 10.0. The van der Waals surface area contributed by atoms with E-state index >= 15 is 0 Å². The van der Waals surface area contributed by atoms with E-state index in [2.05, 4.69) is 10.2 Å². The molecule has 1 aromatic heterocycles. The number of phenols is 1. The Morgan fingerprint density at radius 1 is 1.12 bits per heavy atom. The highest BCUT2D eigenvalue weighted by molar-refractivity contribution is 6.29. The maximum atomic E-state index is 9.89. The summed E-state index contributed by atoms with van der Waals surface area (Å²) < 4.78 is 0. The highest BCUT2D eigenvalue weighted by Crippen LogP contribution is 2.31. The molecule has 0 saturated carbocycles. The molecule has 0 aliphatic carbocycles. The third-order valence-corrected chi connectivity index (χ3v) is 2.55. The van der Waals surface area contributed by atoms with Crippen molar-refractivity contribution in [2.75, 3.05) is 0 Å². The van der Waals surface area contributed by atoms with Crippen LogP contribution < -0.4 is 0 Å². The van der Waals surface area contributed by atoms with Gasteiger partial charge in [-0.2, -0.15) is 0 Å². The minimum atomic E-state index is 0.217. The molecule has 2 rings (SSSR count). The first-order valence-electron chi connectivity index (χ1n) is 4.88. The van der Waals surface area contributed by atoms with Crippen LogP contribution >= 0.6 is 11.6 Å². The van der Waals surface area contributed by atoms with Gasteiger partial charge in [-0.1, -0.05) is 17.7 Å². The molecule has 0 bridgehead atoms. The van der Waals surface area contributed by atoms with Crippen LogP contribution in [0.25, 0.3) is 11.3 Å². The summed E-state index contributed by atoms with van der Waals surface area (Å²) in [6.07, 6.45) is 0. The number of hydrogen-bond donors (Lipinski definition) is 1. The fourth-order valence-corrected chi connectivity index (χ4v) is 1.83. The van der Waals surface area contributed by atoms with Gasteiger partial charge in [0.05, 0.1) is 5.69 Å². The van der Waals surface area contributed by atoms with Gasteiger partial charge in [-0.15, -0.1) is 10.2 Å². The maximum absolute atomic E-state index is 9.89. The number of benzene rings is 1. The molecule has 1 aromatic carbocycles. The molecule has 1 N–H and O–H groups in total. The van der Waals surface area contributed by atoms with Crippen molar-refractivity contribution in [3.8, 4) is 17.0 Å². The number of aromatic hydroxyl groups is 1. The molecule has 0 saturated heterocycles. The smallest absolute Gasteiger partial charge is 0.151 e. The predicted molar refractivity (Wildman–Crippen MR) is 63.6 cm³/mol. The number of rotatable bonds is 1. The molecule has 0 radical (unpaired) electrons. The van der Waals surface area contributed by atoms with Crippen LogP contribution in [0.2, 0.25) is 5.15 Å². The lowest BCUT2D eigenvalue weighted by Crippen LogP contribution is -1.91. The van der Waals surface area contributed by atoms with Crippen LogP contribution in [0.15, 0.2) is 24.3 Å². The van der Waals surface area contributed by atoms with Gasteiger partial charge < -0.3 is 5.11 Å². The van der Waals surface area contributed by atoms with E-state index in [9.17, 15) is 5.11 Å². The molecule has 1 heterocycles. The molecule has 4 heteroatoms. The van der Waals surface area contributed by atoms with Crippen LogP contribution in [0.1, 0.15) is 11.1 Å². The van der Waals surface area contributed by atoms with E-state index < -0.39 is 0 Å². The van der Waals surface area contributed by atoms with E-state index in [0.717, 1.165) is 11.1 Å². The van der Waals surface area contributed by atoms with Crippen molar-refractivity contribution >= 4 is 11.6 Å². The molecule has 82 valence electrons. The van der Waals surface area contributed by atoms with E-state index in [1.807, 2.05) is 19.9 Å². The quantitative estimate of drug-likeness (QED) is 0.825. The number of hydrogen-bond acceptors (Lipinski definition) is 3. The molecular weight excluding hydrogens is 224 g/mol. The lowest BCUT2D eigenvalue weighted by Gasteiger charge is -2.08. The number of phenolic OH excluding ortho intramolecular Hbond substituents is 1. The van der Waals surface area contributed by atoms with Crippen molar-refractivity contribution in [1.82, 2.24) is 10.2 Å². The normalized spacial score (nSPS) is 10.4. The Balaban J connectivity index is 2.60. The van der Waals surface area contributed by atoms with Gasteiger partial charge in [0.25, 0.3) is 0 Å². The van der Waals surface area contributed by atoms with E-state index in [4.69, 9.17) is 11.6 Å². The van der Waals surface area contributed by atoms with Crippen LogP contribution in [0, 0.1) is 13.8 Å². The summed E-state index contributed by atoms with van der Waals surface area (Å²) in [6.45, 7) is 3.86. The first kappa shape index (κ1) is 10.9. The van der Waals surface area contributed by atoms with Crippen molar-refractivity contribution in [2.45, 2.75) is 13.8 Å². The van der Waals surface area contributed by atoms with Gasteiger partial charge in [0.1, 0.15) is 5.75 Å². The molecule has 16 heavy (non-hydrogen) atoms. The van der Waals surface area contributed by atoms with E-state index in [1.54, 1.807) is 18.2 Å². The standard InChI is InChI=1S/C12H11ClN2O/c1-7-5-8(2)12(10(16)6-7)9-3-4-11(13)15-14-9/h3-6,16H,1-2H3. The minimum Gasteiger partial charge on any atom is -0.507 e. The minimum absolute atomic E-state index is 0.217. The molecule has 0 amide bonds. The average molecular weight is 235 g/mol. The van der Waals surface area contributed by atoms with Gasteiger partial charge in [-0.25, -0.2) is 0 Å². The molecule has 3 nitrogen and oxygen atoms in total. The fraction of sp³-hybridized carbons (Fsp3) is 0.167. The molecule has 0 aliphatic rings. The molecular formula is C12H11ClN2O. The van der Waals surface area contributed by atoms with E-state index in [0.29, 0.717) is 16.4 Å². The lowest BCUT2D eigenvalue weighted by molar-refractivity contribution is 0.476. The van der Waals surface area contributed by atoms with Crippen LogP contribution in [-0.4, -0.2) is 15.3 Å². The number of aromatic nitrogens is 2. The van der Waals surface area contributed by atoms with Crippen molar-refractivity contribution in [3.05, 3.63) is 40.5 Å². The van der Waals surface area contributed by atoms with Gasteiger partial charge in [0, 0.05) is 5.56 Å². The maximum Gasteiger partial charge on any atom is 0.151 e. The summed E-state index contributed by atoms with van der Waals surface area (Å²) in [6, 6.07) is 7.10. The first-order chi connectivity index (χ1) is 7.58. The molecule has 0 fully saturated rings. The summed E-state index contributed by atoms with van der Waals surface area (Å²) in [7, 11) is 0. The second kappa shape index (κ2) is 4.10. The van der Waals surface area contributed by atoms with Gasteiger partial charge in [0.15, 0.2) is 5.15 Å². The second-order valence-electron chi connectivity index (χ2n) is 3.72. The Hall–Kier alpha value is -1.61. The van der Waals surface area contributed by atoms with Crippen LogP contribution in [0.3, 0.4) is 0 Å². The highest BCUT2D eigenvalue weighted by Gasteiger charge is 2.10. The second-order valence-corrected chi connectivity index (χ2v) is 4.10. The summed E-state index contributed by atoms with van der Waals surface area (Å²) in [5, 5.41) is 18.0. The van der Waals surface area contributed by atoms with Crippen LogP contribution in [0.4, 0.5) is 0 Å². The monoisotopic (exact) mass is 234 g/mol. The van der Waals surface area contributed by atoms with Gasteiger partial charge in [-0.3, -0.25) is 0 Å². The SMILES string of the molecule is Cc1cc(C)c(-c2ccc(Cl)nn2)c(O)c1. The van der Waals surface area contributed by atoms with Crippen molar-refractivity contribution in [1.29, 1.82) is 0 Å². The van der Waals surface area contributed by atoms with Crippen molar-refractivity contribution in [3.63, 3.8) is 0 Å². The molecule has 0 spiro atoms. The first-order valence-corrected chi connectivity index (χ1v) is 5.25. The highest BCUT2D eigenvalue weighted by atomic mass is 35.5. The summed E-state index contributed by atoms with van der Waals surface area (Å²) in [5.74, 6) is 0.217. The number of nitrogens with zero attached hydrogens (tertiary/aromatic N) is 2. The zero-order chi connectivity index (χ0) is 11.7. The van der Waals surface area contributed by atoms with Gasteiger partial charge in [0.2, 0.25) is 0 Å². The van der Waals surface area contributed by atoms with E-state index in [1.165, 1.54) is 0 Å². The Kier molecular flexibility index (Phi) is 2.79. The van der Waals surface area contributed by atoms with Crippen LogP contribution in [0.5, 0.6) is 5.75 Å². The molecule has 2 aromatic rings. The zero-order valence-electron chi connectivity index (χ0n) is 9.03. The third kappa shape index (κ3) is 1.99. The molecule has 0 atom stereocenters. The summed E-state index contributed by atoms with van der Waals surface area (Å²) in [4.78, 5) is 0. The van der Waals surface area contributed by atoms with Gasteiger partial charge in [-0.05, 0) is 43.2 Å². The summed E-state index contributed by atoms with van der Waals surface area (Å²) in [5.41, 5.74) is 3.31. The van der Waals surface area contributed by atoms with Crippen LogP contribution in [-0.2, 0) is 0 Å². The summed E-state index contributed by atoms with van der Waals surface area (Å²) >= 11 is 5.67.